The van der Waals surface area contributed by atoms with E-state index in [1.54, 1.807) is 18.5 Å². The summed E-state index contributed by atoms with van der Waals surface area (Å²) in [6.45, 7) is 0. The van der Waals surface area contributed by atoms with Crippen LogP contribution in [0.1, 0.15) is 16.9 Å². The molecule has 2 aromatic rings. The molecule has 0 saturated heterocycles. The van der Waals surface area contributed by atoms with Crippen LogP contribution in [0.25, 0.3) is 0 Å². The van der Waals surface area contributed by atoms with Crippen LogP contribution < -0.4 is 0 Å². The molecule has 0 saturated carbocycles. The summed E-state index contributed by atoms with van der Waals surface area (Å²) in [5.41, 5.74) is 1.48. The molecule has 16 heavy (non-hydrogen) atoms. The van der Waals surface area contributed by atoms with Gasteiger partial charge in [-0.25, -0.2) is 0 Å². The Labute approximate surface area is 92.2 Å². The Bertz CT molecular complexity index is 547. The summed E-state index contributed by atoms with van der Waals surface area (Å²) < 4.78 is 5.07. The first-order valence-corrected chi connectivity index (χ1v) is 4.57. The Morgan fingerprint density at radius 3 is 3.06 bits per heavy atom. The van der Waals surface area contributed by atoms with Crippen LogP contribution >= 0.6 is 0 Å². The highest BCUT2D eigenvalue weighted by Crippen LogP contribution is 2.06. The maximum absolute atomic E-state index is 8.40. The molecule has 0 aromatic carbocycles. The highest BCUT2D eigenvalue weighted by molar-refractivity contribution is 5.79. The molecule has 0 aliphatic carbocycles. The Hall–Kier alpha value is -2.54. The van der Waals surface area contributed by atoms with E-state index < -0.39 is 0 Å². The van der Waals surface area contributed by atoms with Gasteiger partial charge in [0.2, 0.25) is 0 Å². The molecule has 0 unspecified atom stereocenters. The minimum absolute atomic E-state index is 0.430. The molecule has 2 aromatic heterocycles. The summed E-state index contributed by atoms with van der Waals surface area (Å²) in [5, 5.41) is 11.3. The van der Waals surface area contributed by atoms with E-state index in [9.17, 15) is 0 Å². The van der Waals surface area contributed by atoms with Gasteiger partial charge >= 0.3 is 0 Å². The largest absolute Gasteiger partial charge is 0.462 e. The minimum Gasteiger partial charge on any atom is -0.462 e. The van der Waals surface area contributed by atoms with E-state index >= 15 is 0 Å². The van der Waals surface area contributed by atoms with Gasteiger partial charge in [0.1, 0.15) is 6.21 Å². The Kier molecular flexibility index (Phi) is 3.00. The normalized spacial score (nSPS) is 10.0. The predicted octanol–water partition coefficient (Wildman–Crippen LogP) is 1.88. The summed E-state index contributed by atoms with van der Waals surface area (Å²) in [6, 6.07) is 5.38. The second kappa shape index (κ2) is 4.80. The van der Waals surface area contributed by atoms with E-state index in [-0.39, 0.29) is 0 Å². The number of aromatic nitrogens is 1. The van der Waals surface area contributed by atoms with Crippen molar-refractivity contribution < 1.29 is 9.62 Å². The molecule has 4 nitrogen and oxygen atoms in total. The van der Waals surface area contributed by atoms with Gasteiger partial charge in [-0.05, 0) is 18.2 Å². The van der Waals surface area contributed by atoms with Gasteiger partial charge in [0.05, 0.1) is 11.8 Å². The molecule has 2 rings (SSSR count). The van der Waals surface area contributed by atoms with Crippen LogP contribution in [0, 0.1) is 11.8 Å². The zero-order chi connectivity index (χ0) is 11.2. The van der Waals surface area contributed by atoms with Crippen LogP contribution in [0.3, 0.4) is 0 Å². The maximum Gasteiger partial charge on any atom is 0.163 e. The number of oxime groups is 1. The molecular weight excluding hydrogens is 204 g/mol. The second-order valence-corrected chi connectivity index (χ2v) is 2.93. The standard InChI is InChI=1S/C12H8N2O2/c15-14-9-12-11(5-7-16-12)4-3-10-2-1-6-13-8-10/h1-2,5-9,15H/b14-9-. The topological polar surface area (TPSA) is 58.6 Å². The van der Waals surface area contributed by atoms with Crippen molar-refractivity contribution in [2.45, 2.75) is 0 Å². The average molecular weight is 212 g/mol. The third kappa shape index (κ3) is 2.28. The van der Waals surface area contributed by atoms with Gasteiger partial charge in [0.15, 0.2) is 5.76 Å². The first kappa shape index (κ1) is 9.99. The average Bonchev–Trinajstić information content (AvgIpc) is 2.76. The fraction of sp³-hybridized carbons (Fsp3) is 0. The smallest absolute Gasteiger partial charge is 0.163 e. The van der Waals surface area contributed by atoms with E-state index in [2.05, 4.69) is 22.0 Å². The molecule has 1 N–H and O–H groups in total. The van der Waals surface area contributed by atoms with Crippen molar-refractivity contribution in [3.63, 3.8) is 0 Å². The molecular formula is C12H8N2O2. The number of pyridine rings is 1. The van der Waals surface area contributed by atoms with Gasteiger partial charge in [0.25, 0.3) is 0 Å². The van der Waals surface area contributed by atoms with Crippen molar-refractivity contribution in [3.8, 4) is 11.8 Å². The SMILES string of the molecule is O/N=C\c1occc1C#Cc1cccnc1. The maximum atomic E-state index is 8.40. The van der Waals surface area contributed by atoms with Gasteiger partial charge in [-0.2, -0.15) is 0 Å². The lowest BCUT2D eigenvalue weighted by atomic mass is 10.2. The van der Waals surface area contributed by atoms with Crippen molar-refractivity contribution in [1.29, 1.82) is 0 Å². The molecule has 0 aliphatic rings. The Morgan fingerprint density at radius 1 is 1.38 bits per heavy atom. The fourth-order valence-electron chi connectivity index (χ4n) is 1.15. The van der Waals surface area contributed by atoms with Crippen LogP contribution in [0.5, 0.6) is 0 Å². The summed E-state index contributed by atoms with van der Waals surface area (Å²) in [6.07, 6.45) is 6.05. The van der Waals surface area contributed by atoms with Gasteiger partial charge in [0, 0.05) is 18.0 Å². The van der Waals surface area contributed by atoms with E-state index in [4.69, 9.17) is 9.62 Å². The zero-order valence-electron chi connectivity index (χ0n) is 8.29. The number of hydrogen-bond donors (Lipinski definition) is 1. The fourth-order valence-corrected chi connectivity index (χ4v) is 1.15. The quantitative estimate of drug-likeness (QED) is 0.340. The first-order chi connectivity index (χ1) is 7.90. The molecule has 0 amide bonds. The lowest BCUT2D eigenvalue weighted by Crippen LogP contribution is -1.81. The third-order valence-electron chi connectivity index (χ3n) is 1.87. The number of nitrogens with zero attached hydrogens (tertiary/aromatic N) is 2. The minimum atomic E-state index is 0.430. The van der Waals surface area contributed by atoms with Gasteiger partial charge in [-0.3, -0.25) is 4.98 Å². The van der Waals surface area contributed by atoms with Gasteiger partial charge < -0.3 is 9.62 Å². The van der Waals surface area contributed by atoms with Crippen LogP contribution in [-0.4, -0.2) is 16.4 Å². The van der Waals surface area contributed by atoms with Crippen LogP contribution in [0.2, 0.25) is 0 Å². The van der Waals surface area contributed by atoms with Crippen molar-refractivity contribution >= 4 is 6.21 Å². The third-order valence-corrected chi connectivity index (χ3v) is 1.87. The Morgan fingerprint density at radius 2 is 2.31 bits per heavy atom. The van der Waals surface area contributed by atoms with Gasteiger partial charge in [-0.1, -0.05) is 17.0 Å². The molecule has 0 fully saturated rings. The summed E-state index contributed by atoms with van der Waals surface area (Å²) in [7, 11) is 0. The summed E-state index contributed by atoms with van der Waals surface area (Å²) >= 11 is 0. The van der Waals surface area contributed by atoms with Crippen molar-refractivity contribution in [1.82, 2.24) is 4.98 Å². The highest BCUT2D eigenvalue weighted by atomic mass is 16.4. The second-order valence-electron chi connectivity index (χ2n) is 2.93. The van der Waals surface area contributed by atoms with Crippen LogP contribution in [0.15, 0.2) is 46.4 Å². The van der Waals surface area contributed by atoms with Crippen LogP contribution in [0.4, 0.5) is 0 Å². The van der Waals surface area contributed by atoms with Crippen molar-refractivity contribution in [2.75, 3.05) is 0 Å². The highest BCUT2D eigenvalue weighted by Gasteiger charge is 1.99. The van der Waals surface area contributed by atoms with Crippen molar-refractivity contribution in [3.05, 3.63) is 53.7 Å². The monoisotopic (exact) mass is 212 g/mol. The number of rotatable bonds is 1. The van der Waals surface area contributed by atoms with E-state index in [0.717, 1.165) is 5.56 Å². The molecule has 0 radical (unpaired) electrons. The zero-order valence-corrected chi connectivity index (χ0v) is 8.29. The lowest BCUT2D eigenvalue weighted by molar-refractivity contribution is 0.320. The molecule has 0 spiro atoms. The van der Waals surface area contributed by atoms with Gasteiger partial charge in [-0.15, -0.1) is 0 Å². The predicted molar refractivity (Wildman–Crippen MR) is 58.3 cm³/mol. The summed E-state index contributed by atoms with van der Waals surface area (Å²) in [4.78, 5) is 3.95. The summed E-state index contributed by atoms with van der Waals surface area (Å²) in [5.74, 6) is 6.27. The molecule has 0 bridgehead atoms. The molecule has 2 heterocycles. The number of furan rings is 1. The van der Waals surface area contributed by atoms with E-state index in [1.165, 1.54) is 12.5 Å². The molecule has 78 valence electrons. The lowest BCUT2D eigenvalue weighted by Gasteiger charge is -1.86. The van der Waals surface area contributed by atoms with E-state index in [0.29, 0.717) is 11.3 Å². The first-order valence-electron chi connectivity index (χ1n) is 4.57. The Balaban J connectivity index is 2.28. The molecule has 4 heteroatoms. The van der Waals surface area contributed by atoms with Crippen molar-refractivity contribution in [2.24, 2.45) is 5.16 Å². The van der Waals surface area contributed by atoms with Crippen LogP contribution in [-0.2, 0) is 0 Å². The molecule has 0 atom stereocenters. The number of hydrogen-bond acceptors (Lipinski definition) is 4. The molecule has 0 aliphatic heterocycles. The van der Waals surface area contributed by atoms with E-state index in [1.807, 2.05) is 12.1 Å².